The molecule has 0 spiro atoms. The maximum atomic E-state index is 14.4. The first-order chi connectivity index (χ1) is 12.1. The zero-order valence-corrected chi connectivity index (χ0v) is 15.7. The first-order valence-corrected chi connectivity index (χ1v) is 8.62. The molecule has 0 amide bonds. The minimum Gasteiger partial charge on any atom is -0.489 e. The van der Waals surface area contributed by atoms with Gasteiger partial charge in [-0.05, 0) is 70.0 Å². The quantitative estimate of drug-likeness (QED) is 0.767. The first-order valence-electron chi connectivity index (χ1n) is 8.62. The number of hydrogen-bond donors (Lipinski definition) is 0. The highest BCUT2D eigenvalue weighted by Gasteiger charge is 2.52. The van der Waals surface area contributed by atoms with E-state index >= 15 is 0 Å². The molecule has 0 aromatic heterocycles. The highest BCUT2D eigenvalue weighted by Crippen LogP contribution is 2.36. The molecule has 2 aromatic carbocycles. The highest BCUT2D eigenvalue weighted by atomic mass is 19.1. The van der Waals surface area contributed by atoms with Crippen molar-refractivity contribution in [2.45, 2.75) is 52.4 Å². The van der Waals surface area contributed by atoms with Crippen molar-refractivity contribution >= 4 is 12.6 Å². The number of rotatable bonds is 4. The number of ether oxygens (including phenoxy) is 1. The lowest BCUT2D eigenvalue weighted by atomic mass is 9.78. The minimum absolute atomic E-state index is 0.235. The fourth-order valence-corrected chi connectivity index (χ4v) is 2.77. The third-order valence-corrected chi connectivity index (χ3v) is 5.10. The van der Waals surface area contributed by atoms with E-state index in [0.717, 1.165) is 5.56 Å². The summed E-state index contributed by atoms with van der Waals surface area (Å²) in [4.78, 5) is 0. The first kappa shape index (κ1) is 18.9. The zero-order chi connectivity index (χ0) is 19.1. The lowest BCUT2D eigenvalue weighted by molar-refractivity contribution is 0.00578. The molecule has 0 bridgehead atoms. The number of aryl methyl sites for hydroxylation is 1. The van der Waals surface area contributed by atoms with Gasteiger partial charge in [-0.3, -0.25) is 0 Å². The number of hydrogen-bond acceptors (Lipinski definition) is 3. The van der Waals surface area contributed by atoms with Crippen LogP contribution >= 0.6 is 0 Å². The van der Waals surface area contributed by atoms with E-state index in [-0.39, 0.29) is 18.2 Å². The predicted molar refractivity (Wildman–Crippen MR) is 97.6 cm³/mol. The molecule has 1 aliphatic heterocycles. The van der Waals surface area contributed by atoms with Crippen molar-refractivity contribution in [3.8, 4) is 5.75 Å². The largest absolute Gasteiger partial charge is 0.497 e. The van der Waals surface area contributed by atoms with E-state index < -0.39 is 18.3 Å². The van der Waals surface area contributed by atoms with Gasteiger partial charge in [-0.15, -0.1) is 0 Å². The van der Waals surface area contributed by atoms with Gasteiger partial charge in [0.15, 0.2) is 0 Å². The second-order valence-electron chi connectivity index (χ2n) is 7.64. The van der Waals surface area contributed by atoms with Crippen molar-refractivity contribution in [3.05, 3.63) is 59.2 Å². The van der Waals surface area contributed by atoms with Gasteiger partial charge >= 0.3 is 7.12 Å². The summed E-state index contributed by atoms with van der Waals surface area (Å²) in [6.07, 6.45) is 0. The molecule has 1 saturated heterocycles. The topological polar surface area (TPSA) is 27.7 Å². The lowest BCUT2D eigenvalue weighted by Gasteiger charge is -2.32. The van der Waals surface area contributed by atoms with E-state index in [1.807, 2.05) is 27.7 Å². The van der Waals surface area contributed by atoms with E-state index in [0.29, 0.717) is 16.8 Å². The standard InChI is InChI=1S/C20H23BF2O3/c1-13-10-15(22)7-9-18(13)24-12-14-6-8-17(23)16(11-14)21-25-19(2,3)20(4,5)26-21/h6-11H,12H2,1-5H3. The zero-order valence-electron chi connectivity index (χ0n) is 15.7. The monoisotopic (exact) mass is 360 g/mol. The Bertz CT molecular complexity index is 805. The average Bonchev–Trinajstić information content (AvgIpc) is 2.75. The van der Waals surface area contributed by atoms with Crippen LogP contribution in [-0.2, 0) is 15.9 Å². The Morgan fingerprint density at radius 1 is 0.962 bits per heavy atom. The summed E-state index contributed by atoms with van der Waals surface area (Å²) >= 11 is 0. The lowest BCUT2D eigenvalue weighted by Crippen LogP contribution is -2.41. The summed E-state index contributed by atoms with van der Waals surface area (Å²) in [5.41, 5.74) is 0.752. The van der Waals surface area contributed by atoms with E-state index in [4.69, 9.17) is 14.0 Å². The molecule has 1 aliphatic rings. The predicted octanol–water partition coefficient (Wildman–Crippen LogP) is 4.15. The van der Waals surface area contributed by atoms with E-state index in [1.165, 1.54) is 18.2 Å². The molecule has 26 heavy (non-hydrogen) atoms. The van der Waals surface area contributed by atoms with Gasteiger partial charge in [0.25, 0.3) is 0 Å². The summed E-state index contributed by atoms with van der Waals surface area (Å²) < 4.78 is 45.2. The summed E-state index contributed by atoms with van der Waals surface area (Å²) in [5, 5.41) is 0. The normalized spacial score (nSPS) is 18.2. The molecule has 138 valence electrons. The van der Waals surface area contributed by atoms with Crippen LogP contribution in [0.2, 0.25) is 0 Å². The molecule has 0 saturated carbocycles. The van der Waals surface area contributed by atoms with Crippen LogP contribution in [0.5, 0.6) is 5.75 Å². The van der Waals surface area contributed by atoms with Gasteiger partial charge in [-0.1, -0.05) is 12.1 Å². The van der Waals surface area contributed by atoms with Crippen LogP contribution in [0, 0.1) is 18.6 Å². The second kappa shape index (κ2) is 6.67. The van der Waals surface area contributed by atoms with Gasteiger partial charge in [0.1, 0.15) is 24.0 Å². The maximum absolute atomic E-state index is 14.4. The fourth-order valence-electron chi connectivity index (χ4n) is 2.77. The Kier molecular flexibility index (Phi) is 4.84. The van der Waals surface area contributed by atoms with Crippen LogP contribution in [-0.4, -0.2) is 18.3 Å². The summed E-state index contributed by atoms with van der Waals surface area (Å²) in [6, 6.07) is 9.08. The van der Waals surface area contributed by atoms with E-state index in [9.17, 15) is 8.78 Å². The Hall–Kier alpha value is -1.92. The number of benzene rings is 2. The molecular weight excluding hydrogens is 337 g/mol. The number of halogens is 2. The van der Waals surface area contributed by atoms with Crippen LogP contribution in [0.3, 0.4) is 0 Å². The van der Waals surface area contributed by atoms with Crippen LogP contribution in [0.25, 0.3) is 0 Å². The molecule has 0 radical (unpaired) electrons. The van der Waals surface area contributed by atoms with Crippen molar-refractivity contribution in [3.63, 3.8) is 0 Å². The van der Waals surface area contributed by atoms with Gasteiger partial charge < -0.3 is 14.0 Å². The van der Waals surface area contributed by atoms with Crippen LogP contribution < -0.4 is 10.2 Å². The van der Waals surface area contributed by atoms with Crippen LogP contribution in [0.4, 0.5) is 8.78 Å². The second-order valence-corrected chi connectivity index (χ2v) is 7.64. The van der Waals surface area contributed by atoms with Crippen molar-refractivity contribution in [2.75, 3.05) is 0 Å². The Labute approximate surface area is 153 Å². The third-order valence-electron chi connectivity index (χ3n) is 5.10. The minimum atomic E-state index is -0.771. The van der Waals surface area contributed by atoms with E-state index in [1.54, 1.807) is 25.1 Å². The van der Waals surface area contributed by atoms with Crippen molar-refractivity contribution < 1.29 is 22.8 Å². The summed E-state index contributed by atoms with van der Waals surface area (Å²) in [6.45, 7) is 9.72. The average molecular weight is 360 g/mol. The molecule has 0 aliphatic carbocycles. The van der Waals surface area contributed by atoms with Gasteiger partial charge in [0.05, 0.1) is 11.2 Å². The maximum Gasteiger partial charge on any atom is 0.497 e. The Morgan fingerprint density at radius 2 is 1.62 bits per heavy atom. The van der Waals surface area contributed by atoms with Crippen molar-refractivity contribution in [2.24, 2.45) is 0 Å². The smallest absolute Gasteiger partial charge is 0.489 e. The van der Waals surface area contributed by atoms with Gasteiger partial charge in [-0.25, -0.2) is 8.78 Å². The van der Waals surface area contributed by atoms with Crippen LogP contribution in [0.1, 0.15) is 38.8 Å². The van der Waals surface area contributed by atoms with Gasteiger partial charge in [0, 0.05) is 5.46 Å². The summed E-state index contributed by atoms with van der Waals surface area (Å²) in [7, 11) is -0.771. The SMILES string of the molecule is Cc1cc(F)ccc1OCc1ccc(F)c(B2OC(C)(C)C(C)(C)O2)c1. The Morgan fingerprint density at radius 3 is 2.23 bits per heavy atom. The molecule has 0 atom stereocenters. The van der Waals surface area contributed by atoms with E-state index in [2.05, 4.69) is 0 Å². The Balaban J connectivity index is 1.78. The van der Waals surface area contributed by atoms with Crippen molar-refractivity contribution in [1.29, 1.82) is 0 Å². The molecule has 1 fully saturated rings. The molecule has 0 N–H and O–H groups in total. The third kappa shape index (κ3) is 3.62. The van der Waals surface area contributed by atoms with Gasteiger partial charge in [0.2, 0.25) is 0 Å². The molecular formula is C20H23BF2O3. The van der Waals surface area contributed by atoms with Crippen molar-refractivity contribution in [1.82, 2.24) is 0 Å². The van der Waals surface area contributed by atoms with Gasteiger partial charge in [-0.2, -0.15) is 0 Å². The summed E-state index contributed by atoms with van der Waals surface area (Å²) in [5.74, 6) is -0.0993. The molecule has 6 heteroatoms. The fraction of sp³-hybridized carbons (Fsp3) is 0.400. The highest BCUT2D eigenvalue weighted by molar-refractivity contribution is 6.62. The molecule has 1 heterocycles. The molecule has 2 aromatic rings. The molecule has 3 rings (SSSR count). The van der Waals surface area contributed by atoms with Crippen LogP contribution in [0.15, 0.2) is 36.4 Å². The molecule has 0 unspecified atom stereocenters. The molecule has 3 nitrogen and oxygen atoms in total.